The molecule has 196 valence electrons. The number of rotatable bonds is 10. The van der Waals surface area contributed by atoms with E-state index in [9.17, 15) is 20.2 Å². The second-order valence-corrected chi connectivity index (χ2v) is 9.20. The Balaban J connectivity index is 1.37. The molecule has 0 radical (unpaired) electrons. The molecule has 2 aliphatic heterocycles. The van der Waals surface area contributed by atoms with Crippen molar-refractivity contribution in [2.75, 3.05) is 39.3 Å². The van der Waals surface area contributed by atoms with Crippen molar-refractivity contribution in [3.63, 3.8) is 0 Å². The lowest BCUT2D eigenvalue weighted by molar-refractivity contribution is -0.486. The number of pyridine rings is 2. The monoisotopic (exact) mass is 550 g/mol. The zero-order valence-electron chi connectivity index (χ0n) is 19.7. The Labute approximate surface area is 222 Å². The summed E-state index contributed by atoms with van der Waals surface area (Å²) in [6.45, 7) is 4.07. The van der Waals surface area contributed by atoms with Gasteiger partial charge in [-0.2, -0.15) is 0 Å². The number of guanidine groups is 2. The number of nitro groups is 2. The molecule has 0 aromatic carbocycles. The van der Waals surface area contributed by atoms with Gasteiger partial charge in [-0.15, -0.1) is 0 Å². The molecule has 16 heteroatoms. The van der Waals surface area contributed by atoms with E-state index in [0.717, 1.165) is 11.1 Å². The summed E-state index contributed by atoms with van der Waals surface area (Å²) in [6, 6.07) is 6.97. The molecule has 0 aliphatic carbocycles. The van der Waals surface area contributed by atoms with Gasteiger partial charge >= 0.3 is 0 Å². The molecule has 2 aromatic heterocycles. The van der Waals surface area contributed by atoms with E-state index >= 15 is 0 Å². The molecular weight excluding hydrogens is 527 g/mol. The fraction of sp³-hybridized carbons (Fsp3) is 0.429. The maximum atomic E-state index is 11.2. The average Bonchev–Trinajstić information content (AvgIpc) is 3.40. The quantitative estimate of drug-likeness (QED) is 0.244. The first-order chi connectivity index (χ1) is 17.8. The summed E-state index contributed by atoms with van der Waals surface area (Å²) < 4.78 is 0. The molecule has 0 atom stereocenters. The van der Waals surface area contributed by atoms with Crippen molar-refractivity contribution < 1.29 is 10.1 Å². The predicted molar refractivity (Wildman–Crippen MR) is 136 cm³/mol. The van der Waals surface area contributed by atoms with E-state index in [1.807, 2.05) is 31.7 Å². The second-order valence-electron chi connectivity index (χ2n) is 8.42. The van der Waals surface area contributed by atoms with E-state index in [-0.39, 0.29) is 11.9 Å². The first kappa shape index (κ1) is 26.3. The number of halogens is 2. The maximum absolute atomic E-state index is 11.2. The van der Waals surface area contributed by atoms with Gasteiger partial charge in [-0.25, -0.2) is 30.2 Å². The number of nitrogens with zero attached hydrogens (tertiary/aromatic N) is 10. The third-order valence-corrected chi connectivity index (χ3v) is 6.38. The molecule has 0 saturated carbocycles. The van der Waals surface area contributed by atoms with Crippen molar-refractivity contribution >= 4 is 35.1 Å². The summed E-state index contributed by atoms with van der Waals surface area (Å²) >= 11 is 11.7. The zero-order valence-corrected chi connectivity index (χ0v) is 21.2. The molecule has 0 N–H and O–H groups in total. The van der Waals surface area contributed by atoms with Crippen LogP contribution in [0.1, 0.15) is 17.5 Å². The second kappa shape index (κ2) is 12.0. The van der Waals surface area contributed by atoms with Crippen LogP contribution in [0, 0.1) is 20.2 Å². The standard InChI is InChI=1S/C21H24Cl2N10O4/c22-18-4-2-16(12-24-18)14-30-10-8-28(20(30)26-32(34)35)6-1-7-29-9-11-31(21(29)27-33(36)37)15-17-3-5-19(23)25-13-17/h2-5,12-13H,1,6-11,14-15H2/b26-20+,27-21+. The van der Waals surface area contributed by atoms with E-state index in [4.69, 9.17) is 23.2 Å². The molecule has 4 rings (SSSR count). The summed E-state index contributed by atoms with van der Waals surface area (Å²) in [5.41, 5.74) is 1.71. The van der Waals surface area contributed by atoms with Gasteiger partial charge in [0, 0.05) is 64.8 Å². The molecule has 0 bridgehead atoms. The van der Waals surface area contributed by atoms with Gasteiger partial charge in [0.05, 0.1) is 0 Å². The summed E-state index contributed by atoms with van der Waals surface area (Å²) in [6.07, 6.45) is 3.86. The van der Waals surface area contributed by atoms with Gasteiger partial charge in [-0.1, -0.05) is 35.3 Å². The normalized spacial score (nSPS) is 17.9. The van der Waals surface area contributed by atoms with Crippen LogP contribution in [0.3, 0.4) is 0 Å². The first-order valence-electron chi connectivity index (χ1n) is 11.4. The minimum atomic E-state index is -0.702. The van der Waals surface area contributed by atoms with Crippen molar-refractivity contribution in [1.82, 2.24) is 29.6 Å². The van der Waals surface area contributed by atoms with E-state index in [1.54, 1.807) is 24.5 Å². The van der Waals surface area contributed by atoms with Crippen LogP contribution in [0.25, 0.3) is 0 Å². The Kier molecular flexibility index (Phi) is 8.50. The van der Waals surface area contributed by atoms with E-state index in [2.05, 4.69) is 20.2 Å². The fourth-order valence-corrected chi connectivity index (χ4v) is 4.52. The lowest BCUT2D eigenvalue weighted by Crippen LogP contribution is -2.38. The largest absolute Gasteiger partial charge is 0.336 e. The minimum Gasteiger partial charge on any atom is -0.336 e. The molecule has 2 fully saturated rings. The van der Waals surface area contributed by atoms with Crippen LogP contribution >= 0.6 is 23.2 Å². The Morgan fingerprint density at radius 1 is 0.730 bits per heavy atom. The number of hydrogen-bond donors (Lipinski definition) is 0. The van der Waals surface area contributed by atoms with Crippen LogP contribution < -0.4 is 0 Å². The summed E-state index contributed by atoms with van der Waals surface area (Å²) in [4.78, 5) is 37.9. The van der Waals surface area contributed by atoms with Crippen molar-refractivity contribution in [3.05, 3.63) is 78.3 Å². The van der Waals surface area contributed by atoms with E-state index in [1.165, 1.54) is 0 Å². The van der Waals surface area contributed by atoms with Crippen LogP contribution in [0.4, 0.5) is 0 Å². The third-order valence-electron chi connectivity index (χ3n) is 5.93. The van der Waals surface area contributed by atoms with Crippen LogP contribution in [0.2, 0.25) is 10.3 Å². The predicted octanol–water partition coefficient (Wildman–Crippen LogP) is 2.20. The summed E-state index contributed by atoms with van der Waals surface area (Å²) in [5.74, 6) is 0.551. The van der Waals surface area contributed by atoms with Crippen LogP contribution in [0.5, 0.6) is 0 Å². The smallest absolute Gasteiger partial charge is 0.274 e. The minimum absolute atomic E-state index is 0.275. The molecule has 2 aliphatic rings. The number of hydrazone groups is 2. The van der Waals surface area contributed by atoms with Crippen molar-refractivity contribution in [2.45, 2.75) is 19.5 Å². The molecule has 4 heterocycles. The Morgan fingerprint density at radius 3 is 1.49 bits per heavy atom. The SMILES string of the molecule is O=[N+]([O-])/N=C1\N(CCCN2CCN(Cc3ccc(Cl)nc3)/C2=N/[N+](=O)[O-])CCN1Cc1ccc(Cl)nc1. The zero-order chi connectivity index (χ0) is 26.4. The topological polar surface area (TPSA) is 150 Å². The van der Waals surface area contributed by atoms with Gasteiger partial charge in [0.1, 0.15) is 20.5 Å². The first-order valence-corrected chi connectivity index (χ1v) is 12.2. The third kappa shape index (κ3) is 7.13. The highest BCUT2D eigenvalue weighted by Gasteiger charge is 2.32. The van der Waals surface area contributed by atoms with E-state index in [0.29, 0.717) is 69.1 Å². The molecule has 37 heavy (non-hydrogen) atoms. The molecule has 2 aromatic rings. The Hall–Kier alpha value is -3.78. The average molecular weight is 551 g/mol. The Bertz CT molecular complexity index is 1090. The summed E-state index contributed by atoms with van der Waals surface area (Å²) in [5, 5.41) is 29.0. The lowest BCUT2D eigenvalue weighted by atomic mass is 10.3. The molecular formula is C21H24Cl2N10O4. The number of aromatic nitrogens is 2. The molecule has 0 unspecified atom stereocenters. The molecule has 0 spiro atoms. The van der Waals surface area contributed by atoms with Crippen molar-refractivity contribution in [1.29, 1.82) is 0 Å². The highest BCUT2D eigenvalue weighted by atomic mass is 35.5. The van der Waals surface area contributed by atoms with Gasteiger partial charge in [-0.05, 0) is 29.7 Å². The summed E-state index contributed by atoms with van der Waals surface area (Å²) in [7, 11) is 0. The van der Waals surface area contributed by atoms with Crippen LogP contribution in [0.15, 0.2) is 46.9 Å². The highest BCUT2D eigenvalue weighted by molar-refractivity contribution is 6.29. The molecule has 0 amide bonds. The van der Waals surface area contributed by atoms with Gasteiger partial charge in [0.2, 0.25) is 0 Å². The van der Waals surface area contributed by atoms with Gasteiger partial charge in [0.15, 0.2) is 10.1 Å². The molecule has 14 nitrogen and oxygen atoms in total. The highest BCUT2D eigenvalue weighted by Crippen LogP contribution is 2.18. The Morgan fingerprint density at radius 2 is 1.14 bits per heavy atom. The van der Waals surface area contributed by atoms with Gasteiger partial charge in [0.25, 0.3) is 11.9 Å². The van der Waals surface area contributed by atoms with Crippen molar-refractivity contribution in [2.24, 2.45) is 10.2 Å². The molecule has 2 saturated heterocycles. The van der Waals surface area contributed by atoms with Crippen molar-refractivity contribution in [3.8, 4) is 0 Å². The van der Waals surface area contributed by atoms with Gasteiger partial charge < -0.3 is 19.6 Å². The number of hydrogen-bond acceptors (Lipinski definition) is 6. The fourth-order valence-electron chi connectivity index (χ4n) is 4.30. The van der Waals surface area contributed by atoms with Crippen LogP contribution in [-0.4, -0.2) is 90.8 Å². The van der Waals surface area contributed by atoms with Crippen LogP contribution in [-0.2, 0) is 13.1 Å². The van der Waals surface area contributed by atoms with Gasteiger partial charge in [-0.3, -0.25) is 0 Å². The lowest BCUT2D eigenvalue weighted by Gasteiger charge is -2.23. The maximum Gasteiger partial charge on any atom is 0.274 e. The van der Waals surface area contributed by atoms with E-state index < -0.39 is 10.1 Å².